The zero-order valence-corrected chi connectivity index (χ0v) is 12.2. The lowest BCUT2D eigenvalue weighted by Crippen LogP contribution is -1.96. The molecule has 0 aliphatic rings. The van der Waals surface area contributed by atoms with Crippen LogP contribution in [0.3, 0.4) is 0 Å². The number of ketones is 1. The predicted molar refractivity (Wildman–Crippen MR) is 82.7 cm³/mol. The molecule has 0 N–H and O–H groups in total. The van der Waals surface area contributed by atoms with Gasteiger partial charge in [-0.15, -0.1) is 0 Å². The Labute approximate surface area is 128 Å². The van der Waals surface area contributed by atoms with Crippen LogP contribution in [0.25, 0.3) is 11.3 Å². The molecule has 0 amide bonds. The molecule has 0 saturated carbocycles. The van der Waals surface area contributed by atoms with E-state index < -0.39 is 0 Å². The summed E-state index contributed by atoms with van der Waals surface area (Å²) < 4.78 is 11.0. The van der Waals surface area contributed by atoms with Gasteiger partial charge in [-0.1, -0.05) is 35.5 Å². The fourth-order valence-electron chi connectivity index (χ4n) is 2.06. The second-order valence-corrected chi connectivity index (χ2v) is 4.92. The molecule has 0 aliphatic carbocycles. The molecule has 0 saturated heterocycles. The van der Waals surface area contributed by atoms with Gasteiger partial charge in [-0.2, -0.15) is 0 Å². The number of carbonyl (C=O) groups is 1. The van der Waals surface area contributed by atoms with Crippen LogP contribution in [0, 0.1) is 0 Å². The number of carbonyl (C=O) groups excluding carboxylic acids is 1. The Balaban J connectivity index is 1.65. The number of rotatable bonds is 5. The molecule has 110 valence electrons. The highest BCUT2D eigenvalue weighted by Crippen LogP contribution is 2.21. The summed E-state index contributed by atoms with van der Waals surface area (Å²) in [6.45, 7) is 1.85. The van der Waals surface area contributed by atoms with E-state index in [4.69, 9.17) is 9.26 Å². The second kappa shape index (κ2) is 6.26. The second-order valence-electron chi connectivity index (χ2n) is 4.92. The zero-order chi connectivity index (χ0) is 15.4. The zero-order valence-electron chi connectivity index (χ0n) is 12.2. The predicted octanol–water partition coefficient (Wildman–Crippen LogP) is 4.12. The minimum Gasteiger partial charge on any atom is -0.487 e. The molecule has 0 bridgehead atoms. The molecular formula is C18H15NO3. The number of hydrogen-bond donors (Lipinski definition) is 0. The van der Waals surface area contributed by atoms with Crippen molar-refractivity contribution in [1.29, 1.82) is 0 Å². The van der Waals surface area contributed by atoms with Crippen LogP contribution in [-0.4, -0.2) is 10.9 Å². The molecule has 4 heteroatoms. The minimum absolute atomic E-state index is 0.0376. The quantitative estimate of drug-likeness (QED) is 0.664. The number of nitrogens with zero attached hydrogens (tertiary/aromatic N) is 1. The van der Waals surface area contributed by atoms with Crippen molar-refractivity contribution in [3.8, 4) is 17.1 Å². The number of aromatic nitrogens is 1. The van der Waals surface area contributed by atoms with E-state index in [1.54, 1.807) is 24.3 Å². The molecule has 1 aromatic heterocycles. The third kappa shape index (κ3) is 3.23. The van der Waals surface area contributed by atoms with Crippen molar-refractivity contribution >= 4 is 5.78 Å². The Hall–Kier alpha value is -2.88. The first kappa shape index (κ1) is 14.1. The maximum atomic E-state index is 11.2. The van der Waals surface area contributed by atoms with Crippen molar-refractivity contribution in [2.45, 2.75) is 13.5 Å². The molecule has 0 radical (unpaired) electrons. The SMILES string of the molecule is CC(=O)c1ccc(OCc2cc(-c3ccccc3)on2)cc1. The van der Waals surface area contributed by atoms with E-state index in [1.165, 1.54) is 6.92 Å². The van der Waals surface area contributed by atoms with E-state index in [2.05, 4.69) is 5.16 Å². The van der Waals surface area contributed by atoms with Gasteiger partial charge in [0, 0.05) is 17.2 Å². The average molecular weight is 293 g/mol. The van der Waals surface area contributed by atoms with Gasteiger partial charge in [-0.05, 0) is 31.2 Å². The lowest BCUT2D eigenvalue weighted by atomic mass is 10.1. The van der Waals surface area contributed by atoms with Crippen LogP contribution >= 0.6 is 0 Å². The molecule has 0 atom stereocenters. The van der Waals surface area contributed by atoms with Gasteiger partial charge in [0.1, 0.15) is 18.1 Å². The van der Waals surface area contributed by atoms with Crippen molar-refractivity contribution in [1.82, 2.24) is 5.16 Å². The van der Waals surface area contributed by atoms with Gasteiger partial charge in [0.25, 0.3) is 0 Å². The molecular weight excluding hydrogens is 278 g/mol. The van der Waals surface area contributed by atoms with Gasteiger partial charge in [-0.3, -0.25) is 4.79 Å². The lowest BCUT2D eigenvalue weighted by molar-refractivity contribution is 0.101. The summed E-state index contributed by atoms with van der Waals surface area (Å²) in [6.07, 6.45) is 0. The van der Waals surface area contributed by atoms with Crippen molar-refractivity contribution in [2.75, 3.05) is 0 Å². The smallest absolute Gasteiger partial charge is 0.167 e. The van der Waals surface area contributed by atoms with Crippen molar-refractivity contribution in [3.05, 3.63) is 71.9 Å². The van der Waals surface area contributed by atoms with Gasteiger partial charge < -0.3 is 9.26 Å². The molecule has 0 spiro atoms. The Bertz CT molecular complexity index is 761. The molecule has 0 fully saturated rings. The first-order valence-corrected chi connectivity index (χ1v) is 6.97. The van der Waals surface area contributed by atoms with Crippen LogP contribution in [-0.2, 0) is 6.61 Å². The van der Waals surface area contributed by atoms with Crippen LogP contribution in [0.15, 0.2) is 65.2 Å². The van der Waals surface area contributed by atoms with Gasteiger partial charge in [0.15, 0.2) is 11.5 Å². The van der Waals surface area contributed by atoms with Gasteiger partial charge in [-0.25, -0.2) is 0 Å². The Kier molecular flexibility index (Phi) is 4.01. The van der Waals surface area contributed by atoms with E-state index >= 15 is 0 Å². The van der Waals surface area contributed by atoms with Crippen LogP contribution in [0.1, 0.15) is 23.0 Å². The number of benzene rings is 2. The van der Waals surface area contributed by atoms with Crippen molar-refractivity contribution in [3.63, 3.8) is 0 Å². The Morgan fingerprint density at radius 1 is 1.09 bits per heavy atom. The van der Waals surface area contributed by atoms with Crippen LogP contribution in [0.2, 0.25) is 0 Å². The van der Waals surface area contributed by atoms with Crippen molar-refractivity contribution in [2.24, 2.45) is 0 Å². The minimum atomic E-state index is 0.0376. The monoisotopic (exact) mass is 293 g/mol. The van der Waals surface area contributed by atoms with Crippen LogP contribution in [0.4, 0.5) is 0 Å². The van der Waals surface area contributed by atoms with E-state index in [-0.39, 0.29) is 5.78 Å². The third-order valence-corrected chi connectivity index (χ3v) is 3.26. The third-order valence-electron chi connectivity index (χ3n) is 3.26. The highest BCUT2D eigenvalue weighted by molar-refractivity contribution is 5.94. The fourth-order valence-corrected chi connectivity index (χ4v) is 2.06. The highest BCUT2D eigenvalue weighted by atomic mass is 16.5. The maximum absolute atomic E-state index is 11.2. The maximum Gasteiger partial charge on any atom is 0.167 e. The summed E-state index contributed by atoms with van der Waals surface area (Å²) in [5, 5.41) is 4.00. The summed E-state index contributed by atoms with van der Waals surface area (Å²) in [6, 6.07) is 18.7. The molecule has 3 rings (SSSR count). The number of ether oxygens (including phenoxy) is 1. The Morgan fingerprint density at radius 2 is 1.82 bits per heavy atom. The largest absolute Gasteiger partial charge is 0.487 e. The number of Topliss-reactive ketones (excluding diaryl/α,β-unsaturated/α-hetero) is 1. The average Bonchev–Trinajstić information content (AvgIpc) is 3.03. The van der Waals surface area contributed by atoms with Gasteiger partial charge >= 0.3 is 0 Å². The normalized spacial score (nSPS) is 10.4. The summed E-state index contributed by atoms with van der Waals surface area (Å²) in [5.41, 5.74) is 2.36. The molecule has 0 aliphatic heterocycles. The molecule has 1 heterocycles. The van der Waals surface area contributed by atoms with E-state index in [1.807, 2.05) is 36.4 Å². The number of hydrogen-bond acceptors (Lipinski definition) is 4. The Morgan fingerprint density at radius 3 is 2.50 bits per heavy atom. The molecule has 0 unspecified atom stereocenters. The highest BCUT2D eigenvalue weighted by Gasteiger charge is 2.07. The summed E-state index contributed by atoms with van der Waals surface area (Å²) in [7, 11) is 0. The topological polar surface area (TPSA) is 52.3 Å². The molecule has 22 heavy (non-hydrogen) atoms. The molecule has 3 aromatic rings. The van der Waals surface area contributed by atoms with Gasteiger partial charge in [0.2, 0.25) is 0 Å². The van der Waals surface area contributed by atoms with Crippen LogP contribution in [0.5, 0.6) is 5.75 Å². The summed E-state index contributed by atoms with van der Waals surface area (Å²) in [4.78, 5) is 11.2. The molecule has 4 nitrogen and oxygen atoms in total. The van der Waals surface area contributed by atoms with E-state index in [0.717, 1.165) is 11.3 Å². The molecule has 2 aromatic carbocycles. The summed E-state index contributed by atoms with van der Waals surface area (Å²) in [5.74, 6) is 1.44. The first-order chi connectivity index (χ1) is 10.7. The van der Waals surface area contributed by atoms with Crippen molar-refractivity contribution < 1.29 is 14.1 Å². The standard InChI is InChI=1S/C18H15NO3/c1-13(20)14-7-9-17(10-8-14)21-12-16-11-18(22-19-16)15-5-3-2-4-6-15/h2-11H,12H2,1H3. The van der Waals surface area contributed by atoms with Crippen LogP contribution < -0.4 is 4.74 Å². The van der Waals surface area contributed by atoms with Gasteiger partial charge in [0.05, 0.1) is 0 Å². The first-order valence-electron chi connectivity index (χ1n) is 6.97. The van der Waals surface area contributed by atoms with E-state index in [9.17, 15) is 4.79 Å². The lowest BCUT2D eigenvalue weighted by Gasteiger charge is -2.03. The fraction of sp³-hybridized carbons (Fsp3) is 0.111. The summed E-state index contributed by atoms with van der Waals surface area (Å²) >= 11 is 0. The van der Waals surface area contributed by atoms with E-state index in [0.29, 0.717) is 23.7 Å².